The number of amides is 3. The average Bonchev–Trinajstić information content (AvgIpc) is 3.81. The third-order valence-electron chi connectivity index (χ3n) is 7.84. The van der Waals surface area contributed by atoms with Crippen LogP contribution in [0, 0.1) is 6.92 Å². The zero-order valence-corrected chi connectivity index (χ0v) is 28.1. The number of aromatic nitrogens is 2. The first-order valence-electron chi connectivity index (χ1n) is 15.6. The molecule has 1 aliphatic rings. The quantitative estimate of drug-likeness (QED) is 0.195. The van der Waals surface area contributed by atoms with E-state index in [9.17, 15) is 19.5 Å². The monoisotopic (exact) mass is 659 g/mol. The molecule has 1 saturated heterocycles. The first-order chi connectivity index (χ1) is 22.3. The number of thiazole rings is 1. The molecule has 3 atom stereocenters. The second-order valence-corrected chi connectivity index (χ2v) is 13.9. The van der Waals surface area contributed by atoms with E-state index in [1.807, 2.05) is 47.5 Å². The number of carbonyl (C=O) groups is 3. The summed E-state index contributed by atoms with van der Waals surface area (Å²) in [7, 11) is 0. The second kappa shape index (κ2) is 14.1. The van der Waals surface area contributed by atoms with E-state index in [4.69, 9.17) is 9.15 Å². The zero-order valence-electron chi connectivity index (χ0n) is 27.3. The smallest absolute Gasteiger partial charge is 0.408 e. The summed E-state index contributed by atoms with van der Waals surface area (Å²) in [5.41, 5.74) is 0.866. The molecule has 0 aliphatic carbocycles. The van der Waals surface area contributed by atoms with Gasteiger partial charge in [-0.1, -0.05) is 30.3 Å². The van der Waals surface area contributed by atoms with E-state index in [-0.39, 0.29) is 24.9 Å². The Kier molecular flexibility index (Phi) is 10.1. The van der Waals surface area contributed by atoms with Crippen LogP contribution in [0.4, 0.5) is 4.79 Å². The molecule has 3 amide bonds. The van der Waals surface area contributed by atoms with Crippen molar-refractivity contribution in [3.8, 4) is 11.5 Å². The van der Waals surface area contributed by atoms with Crippen molar-refractivity contribution in [2.45, 2.75) is 77.2 Å². The second-order valence-electron chi connectivity index (χ2n) is 13.0. The zero-order chi connectivity index (χ0) is 33.8. The van der Waals surface area contributed by atoms with Crippen LogP contribution in [0.15, 0.2) is 70.8 Å². The molecule has 0 saturated carbocycles. The molecule has 2 unspecified atom stereocenters. The van der Waals surface area contributed by atoms with Crippen LogP contribution in [-0.4, -0.2) is 62.1 Å². The first-order valence-corrected chi connectivity index (χ1v) is 16.5. The van der Waals surface area contributed by atoms with Gasteiger partial charge in [0.05, 0.1) is 18.3 Å². The molecule has 5 rings (SSSR count). The van der Waals surface area contributed by atoms with Gasteiger partial charge in [0.2, 0.25) is 11.8 Å². The van der Waals surface area contributed by atoms with Gasteiger partial charge in [-0.15, -0.1) is 11.3 Å². The summed E-state index contributed by atoms with van der Waals surface area (Å²) in [6.07, 6.45) is 2.87. The third kappa shape index (κ3) is 8.44. The van der Waals surface area contributed by atoms with Gasteiger partial charge in [0, 0.05) is 41.7 Å². The number of likely N-dealkylation sites (tertiary alicyclic amines) is 1. The van der Waals surface area contributed by atoms with Crippen LogP contribution in [0.3, 0.4) is 0 Å². The minimum atomic E-state index is -1.40. The minimum Gasteiger partial charge on any atom is -0.445 e. The summed E-state index contributed by atoms with van der Waals surface area (Å²) in [4.78, 5) is 51.1. The first kappa shape index (κ1) is 33.8. The van der Waals surface area contributed by atoms with E-state index in [1.54, 1.807) is 57.2 Å². The molecule has 0 spiro atoms. The Morgan fingerprint density at radius 1 is 1.15 bits per heavy atom. The van der Waals surface area contributed by atoms with E-state index < -0.39 is 29.2 Å². The van der Waals surface area contributed by atoms with Crippen molar-refractivity contribution in [3.05, 3.63) is 93.8 Å². The highest BCUT2D eigenvalue weighted by atomic mass is 32.1. The summed E-state index contributed by atoms with van der Waals surface area (Å²) >= 11 is 1.55. The summed E-state index contributed by atoms with van der Waals surface area (Å²) in [5.74, 6) is -0.407. The Morgan fingerprint density at radius 3 is 2.57 bits per heavy atom. The number of benzene rings is 2. The third-order valence-corrected chi connectivity index (χ3v) is 8.90. The number of aliphatic hydroxyl groups excluding tert-OH is 1. The summed E-state index contributed by atoms with van der Waals surface area (Å²) < 4.78 is 11.0. The Hall–Kier alpha value is -4.55. The molecule has 1 fully saturated rings. The van der Waals surface area contributed by atoms with Crippen LogP contribution in [0.25, 0.3) is 11.5 Å². The highest BCUT2D eigenvalue weighted by Crippen LogP contribution is 2.36. The van der Waals surface area contributed by atoms with Gasteiger partial charge in [0.25, 0.3) is 5.91 Å². The maximum absolute atomic E-state index is 14.0. The van der Waals surface area contributed by atoms with Gasteiger partial charge >= 0.3 is 6.09 Å². The van der Waals surface area contributed by atoms with Crippen LogP contribution in [0.5, 0.6) is 0 Å². The Morgan fingerprint density at radius 2 is 1.91 bits per heavy atom. The number of aryl methyl sites for hydroxylation is 1. The van der Waals surface area contributed by atoms with E-state index in [0.29, 0.717) is 29.1 Å². The minimum absolute atomic E-state index is 0.126. The van der Waals surface area contributed by atoms with Gasteiger partial charge in [-0.05, 0) is 76.8 Å². The topological polar surface area (TPSA) is 147 Å². The normalized spacial score (nSPS) is 16.7. The average molecular weight is 660 g/mol. The van der Waals surface area contributed by atoms with E-state index in [2.05, 4.69) is 20.6 Å². The predicted octanol–water partition coefficient (Wildman–Crippen LogP) is 5.76. The van der Waals surface area contributed by atoms with Gasteiger partial charge in [0.15, 0.2) is 0 Å². The molecule has 0 bridgehead atoms. The number of rotatable bonds is 10. The summed E-state index contributed by atoms with van der Waals surface area (Å²) in [5, 5.41) is 19.8. The lowest BCUT2D eigenvalue weighted by molar-refractivity contribution is -0.127. The Bertz CT molecular complexity index is 1700. The lowest BCUT2D eigenvalue weighted by Crippen LogP contribution is -2.59. The molecule has 3 N–H and O–H groups in total. The van der Waals surface area contributed by atoms with Crippen molar-refractivity contribution in [3.63, 3.8) is 0 Å². The number of ether oxygens (including phenoxy) is 1. The molecule has 47 heavy (non-hydrogen) atoms. The molecule has 12 heteroatoms. The highest BCUT2D eigenvalue weighted by molar-refractivity contribution is 7.09. The van der Waals surface area contributed by atoms with Gasteiger partial charge < -0.3 is 29.8 Å². The van der Waals surface area contributed by atoms with Crippen molar-refractivity contribution in [2.75, 3.05) is 13.1 Å². The molecule has 248 valence electrons. The number of hydrogen-bond acceptors (Lipinski definition) is 9. The molecular weight excluding hydrogens is 618 g/mol. The van der Waals surface area contributed by atoms with E-state index in [0.717, 1.165) is 29.1 Å². The largest absolute Gasteiger partial charge is 0.445 e. The maximum atomic E-state index is 14.0. The fourth-order valence-electron chi connectivity index (χ4n) is 5.63. The fraction of sp³-hybridized carbons (Fsp3) is 0.400. The van der Waals surface area contributed by atoms with Gasteiger partial charge in [-0.2, -0.15) is 0 Å². The molecule has 11 nitrogen and oxygen atoms in total. The van der Waals surface area contributed by atoms with Crippen LogP contribution >= 0.6 is 11.3 Å². The maximum Gasteiger partial charge on any atom is 0.408 e. The van der Waals surface area contributed by atoms with Crippen LogP contribution in [-0.2, 0) is 16.0 Å². The lowest BCUT2D eigenvalue weighted by atomic mass is 9.91. The fourth-order valence-corrected chi connectivity index (χ4v) is 6.57. The van der Waals surface area contributed by atoms with E-state index >= 15 is 0 Å². The molecule has 4 aromatic rings. The molecule has 1 aliphatic heterocycles. The molecule has 2 aromatic carbocycles. The lowest BCUT2D eigenvalue weighted by Gasteiger charge is -2.31. The summed E-state index contributed by atoms with van der Waals surface area (Å²) in [6.45, 7) is 9.18. The number of nitrogens with one attached hydrogen (secondary N) is 2. The van der Waals surface area contributed by atoms with Crippen LogP contribution in [0.1, 0.15) is 84.9 Å². The number of oxazole rings is 1. The van der Waals surface area contributed by atoms with Crippen molar-refractivity contribution in [1.29, 1.82) is 0 Å². The van der Waals surface area contributed by atoms with Crippen LogP contribution in [0.2, 0.25) is 0 Å². The molecular formula is C35H41N5O6S. The van der Waals surface area contributed by atoms with Gasteiger partial charge in [0.1, 0.15) is 22.4 Å². The number of alkyl carbamates (subject to hydrolysis) is 1. The van der Waals surface area contributed by atoms with E-state index in [1.165, 1.54) is 12.5 Å². The Balaban J connectivity index is 1.37. The SMILES string of the molecule is Cc1csc([C@H]2CCCN2C(=O)c2cc(-c3ncco3)cc(C(O)CNC(=O)C(C)(Cc3ccccc3)NC(=O)OC(C)(C)C)c2)n1. The Labute approximate surface area is 278 Å². The van der Waals surface area contributed by atoms with Crippen molar-refractivity contribution in [2.24, 2.45) is 0 Å². The number of hydrogen-bond donors (Lipinski definition) is 3. The van der Waals surface area contributed by atoms with Crippen molar-refractivity contribution in [1.82, 2.24) is 25.5 Å². The standard InChI is InChI=1S/C35H41N5O6S/c1-22-21-47-30(38-22)27-12-9-14-40(27)31(42)26-17-24(16-25(18-26)29-36-13-15-45-29)28(41)20-37-32(43)35(5,19-23-10-7-6-8-11-23)39-33(44)46-34(2,3)4/h6-8,10-11,13,15-18,21,27-28,41H,9,12,14,19-20H2,1-5H3,(H,37,43)(H,39,44)/t27-,28?,35?/m1/s1. The number of aliphatic hydroxyl groups is 1. The molecule has 2 aromatic heterocycles. The highest BCUT2D eigenvalue weighted by Gasteiger charge is 2.37. The molecule has 0 radical (unpaired) electrons. The number of nitrogens with zero attached hydrogens (tertiary/aromatic N) is 3. The van der Waals surface area contributed by atoms with Crippen LogP contribution < -0.4 is 10.6 Å². The predicted molar refractivity (Wildman–Crippen MR) is 178 cm³/mol. The van der Waals surface area contributed by atoms with Gasteiger partial charge in [-0.25, -0.2) is 14.8 Å². The molecule has 3 heterocycles. The number of carbonyl (C=O) groups excluding carboxylic acids is 3. The van der Waals surface area contributed by atoms with Gasteiger partial charge in [-0.3, -0.25) is 9.59 Å². The van der Waals surface area contributed by atoms with Crippen molar-refractivity contribution < 1.29 is 28.6 Å². The summed E-state index contributed by atoms with van der Waals surface area (Å²) in [6, 6.07) is 14.2. The van der Waals surface area contributed by atoms with Crippen molar-refractivity contribution >= 4 is 29.2 Å².